The van der Waals surface area contributed by atoms with Crippen LogP contribution in [-0.4, -0.2) is 16.8 Å². The standard InChI is InChI=1S/C17H14N2O/c18-19-12-16(20)15-11-17(15,13-7-3-1-4-8-13)14-9-5-2-6-10-14/h1-10,12,15H,11H2. The van der Waals surface area contributed by atoms with Crippen molar-refractivity contribution in [1.82, 2.24) is 0 Å². The molecule has 20 heavy (non-hydrogen) atoms. The van der Waals surface area contributed by atoms with Gasteiger partial charge in [-0.25, -0.2) is 0 Å². The van der Waals surface area contributed by atoms with Crippen LogP contribution in [0.5, 0.6) is 0 Å². The van der Waals surface area contributed by atoms with Crippen LogP contribution in [-0.2, 0) is 10.2 Å². The van der Waals surface area contributed by atoms with Crippen molar-refractivity contribution in [1.29, 1.82) is 0 Å². The number of benzene rings is 2. The van der Waals surface area contributed by atoms with Gasteiger partial charge in [0.05, 0.1) is 0 Å². The van der Waals surface area contributed by atoms with Crippen molar-refractivity contribution in [3.63, 3.8) is 0 Å². The van der Waals surface area contributed by atoms with Gasteiger partial charge in [-0.2, -0.15) is 4.79 Å². The van der Waals surface area contributed by atoms with E-state index in [9.17, 15) is 4.79 Å². The third-order valence-electron chi connectivity index (χ3n) is 4.07. The predicted molar refractivity (Wildman–Crippen MR) is 76.5 cm³/mol. The lowest BCUT2D eigenvalue weighted by atomic mass is 9.85. The molecule has 0 bridgehead atoms. The molecule has 3 nitrogen and oxygen atoms in total. The highest BCUT2D eigenvalue weighted by molar-refractivity contribution is 6.28. The summed E-state index contributed by atoms with van der Waals surface area (Å²) < 4.78 is 0. The van der Waals surface area contributed by atoms with Gasteiger partial charge in [0.1, 0.15) is 0 Å². The molecule has 0 amide bonds. The zero-order chi connectivity index (χ0) is 14.0. The van der Waals surface area contributed by atoms with Gasteiger partial charge in [0.15, 0.2) is 0 Å². The second-order valence-corrected chi connectivity index (χ2v) is 5.11. The molecule has 0 saturated heterocycles. The van der Waals surface area contributed by atoms with Crippen molar-refractivity contribution in [3.8, 4) is 0 Å². The Kier molecular flexibility index (Phi) is 3.05. The first-order valence-corrected chi connectivity index (χ1v) is 6.61. The van der Waals surface area contributed by atoms with Gasteiger partial charge in [-0.3, -0.25) is 4.79 Å². The van der Waals surface area contributed by atoms with Crippen LogP contribution in [0.15, 0.2) is 60.7 Å². The molecule has 3 heteroatoms. The second kappa shape index (κ2) is 4.87. The molecular formula is C17H14N2O. The van der Waals surface area contributed by atoms with Crippen molar-refractivity contribution in [3.05, 3.63) is 77.3 Å². The summed E-state index contributed by atoms with van der Waals surface area (Å²) in [5.74, 6) is -0.275. The molecule has 1 aliphatic rings. The summed E-state index contributed by atoms with van der Waals surface area (Å²) in [6.07, 6.45) is 1.77. The minimum Gasteiger partial charge on any atom is -0.361 e. The van der Waals surface area contributed by atoms with Crippen LogP contribution in [0.4, 0.5) is 0 Å². The Morgan fingerprint density at radius 2 is 1.55 bits per heavy atom. The Balaban J connectivity index is 2.08. The summed E-state index contributed by atoms with van der Waals surface area (Å²) in [4.78, 5) is 14.9. The van der Waals surface area contributed by atoms with Crippen LogP contribution >= 0.6 is 0 Å². The monoisotopic (exact) mass is 262 g/mol. The molecule has 0 radical (unpaired) electrons. The molecule has 2 aromatic carbocycles. The first-order valence-electron chi connectivity index (χ1n) is 6.61. The van der Waals surface area contributed by atoms with Crippen LogP contribution < -0.4 is 0 Å². The molecule has 1 aliphatic carbocycles. The zero-order valence-corrected chi connectivity index (χ0v) is 10.9. The van der Waals surface area contributed by atoms with Crippen LogP contribution in [0.3, 0.4) is 0 Å². The zero-order valence-electron chi connectivity index (χ0n) is 10.9. The first kappa shape index (κ1) is 12.5. The average Bonchev–Trinajstić information content (AvgIpc) is 3.26. The van der Waals surface area contributed by atoms with Crippen LogP contribution in [0.1, 0.15) is 17.5 Å². The third kappa shape index (κ3) is 1.89. The minimum atomic E-state index is -0.277. The summed E-state index contributed by atoms with van der Waals surface area (Å²) in [6.45, 7) is 0. The van der Waals surface area contributed by atoms with E-state index in [0.717, 1.165) is 23.8 Å². The highest BCUT2D eigenvalue weighted by Gasteiger charge is 2.60. The van der Waals surface area contributed by atoms with Gasteiger partial charge >= 0.3 is 6.21 Å². The van der Waals surface area contributed by atoms with E-state index in [0.29, 0.717) is 0 Å². The first-order chi connectivity index (χ1) is 9.79. The van der Waals surface area contributed by atoms with E-state index in [4.69, 9.17) is 5.53 Å². The summed E-state index contributed by atoms with van der Waals surface area (Å²) in [7, 11) is 0. The molecule has 0 spiro atoms. The summed E-state index contributed by atoms with van der Waals surface area (Å²) in [6, 6.07) is 20.1. The maximum Gasteiger partial charge on any atom is 0.323 e. The number of hydrogen-bond donors (Lipinski definition) is 0. The van der Waals surface area contributed by atoms with Crippen molar-refractivity contribution < 1.29 is 9.58 Å². The fraction of sp³-hybridized carbons (Fsp3) is 0.176. The summed E-state index contributed by atoms with van der Waals surface area (Å²) >= 11 is 0. The Morgan fingerprint density at radius 3 is 2.00 bits per heavy atom. The Labute approximate surface area is 117 Å². The number of carbonyl (C=O) groups is 1. The van der Waals surface area contributed by atoms with Gasteiger partial charge in [0.2, 0.25) is 5.78 Å². The van der Waals surface area contributed by atoms with E-state index in [1.54, 1.807) is 0 Å². The number of ketones is 1. The van der Waals surface area contributed by atoms with Crippen molar-refractivity contribution in [2.75, 3.05) is 0 Å². The van der Waals surface area contributed by atoms with Crippen molar-refractivity contribution in [2.45, 2.75) is 11.8 Å². The van der Waals surface area contributed by atoms with Gasteiger partial charge in [-0.05, 0) is 17.5 Å². The number of rotatable bonds is 4. The van der Waals surface area contributed by atoms with Crippen molar-refractivity contribution in [2.24, 2.45) is 5.92 Å². The summed E-state index contributed by atoms with van der Waals surface area (Å²) in [5, 5.41) is 0. The maximum atomic E-state index is 12.1. The molecule has 1 atom stereocenters. The molecule has 98 valence electrons. The smallest absolute Gasteiger partial charge is 0.323 e. The lowest BCUT2D eigenvalue weighted by molar-refractivity contribution is -0.117. The number of hydrogen-bond acceptors (Lipinski definition) is 1. The molecule has 0 heterocycles. The lowest BCUT2D eigenvalue weighted by Crippen LogP contribution is -2.17. The molecule has 1 fully saturated rings. The van der Waals surface area contributed by atoms with E-state index >= 15 is 0 Å². The molecule has 1 unspecified atom stereocenters. The molecule has 0 aliphatic heterocycles. The number of nitrogens with zero attached hydrogens (tertiary/aromatic N) is 2. The maximum absolute atomic E-state index is 12.1. The number of carbonyl (C=O) groups excluding carboxylic acids is 1. The minimum absolute atomic E-state index is 0.125. The summed E-state index contributed by atoms with van der Waals surface area (Å²) in [5.41, 5.74) is 10.6. The molecule has 3 rings (SSSR count). The van der Waals surface area contributed by atoms with Gasteiger partial charge < -0.3 is 5.53 Å². The van der Waals surface area contributed by atoms with Crippen LogP contribution in [0.25, 0.3) is 5.53 Å². The van der Waals surface area contributed by atoms with E-state index in [1.807, 2.05) is 36.4 Å². The lowest BCUT2D eigenvalue weighted by Gasteiger charge is -2.17. The van der Waals surface area contributed by atoms with Gasteiger partial charge in [0, 0.05) is 11.3 Å². The molecule has 0 N–H and O–H groups in total. The van der Waals surface area contributed by atoms with E-state index in [-0.39, 0.29) is 17.1 Å². The number of Topliss-reactive ketones (excluding diaryl/α,β-unsaturated/α-hetero) is 1. The van der Waals surface area contributed by atoms with Crippen molar-refractivity contribution >= 4 is 12.0 Å². The van der Waals surface area contributed by atoms with Gasteiger partial charge in [0.25, 0.3) is 0 Å². The van der Waals surface area contributed by atoms with Crippen LogP contribution in [0, 0.1) is 5.92 Å². The fourth-order valence-corrected chi connectivity index (χ4v) is 3.03. The highest BCUT2D eigenvalue weighted by Crippen LogP contribution is 2.58. The average molecular weight is 262 g/mol. The topological polar surface area (TPSA) is 53.5 Å². The quantitative estimate of drug-likeness (QED) is 0.475. The predicted octanol–water partition coefficient (Wildman–Crippen LogP) is 2.86. The fourth-order valence-electron chi connectivity index (χ4n) is 3.03. The molecule has 2 aromatic rings. The van der Waals surface area contributed by atoms with E-state index in [2.05, 4.69) is 29.1 Å². The molecule has 1 saturated carbocycles. The molecular weight excluding hydrogens is 248 g/mol. The molecule has 0 aromatic heterocycles. The third-order valence-corrected chi connectivity index (χ3v) is 4.07. The van der Waals surface area contributed by atoms with Crippen LogP contribution in [0.2, 0.25) is 0 Å². The largest absolute Gasteiger partial charge is 0.361 e. The Hall–Kier alpha value is -2.51. The second-order valence-electron chi connectivity index (χ2n) is 5.11. The van der Waals surface area contributed by atoms with Gasteiger partial charge in [-0.1, -0.05) is 60.7 Å². The normalized spacial score (nSPS) is 18.9. The SMILES string of the molecule is [N-]=[N+]=CC(=O)C1CC1(c1ccccc1)c1ccccc1. The Bertz CT molecular complexity index is 633. The van der Waals surface area contributed by atoms with E-state index in [1.165, 1.54) is 0 Å². The highest BCUT2D eigenvalue weighted by atomic mass is 16.1. The Morgan fingerprint density at radius 1 is 1.05 bits per heavy atom. The van der Waals surface area contributed by atoms with Gasteiger partial charge in [-0.15, -0.1) is 0 Å². The van der Waals surface area contributed by atoms with E-state index < -0.39 is 0 Å².